The van der Waals surface area contributed by atoms with Gasteiger partial charge in [0.1, 0.15) is 0 Å². The minimum Gasteiger partial charge on any atom is -0.493 e. The molecule has 0 aliphatic carbocycles. The Bertz CT molecular complexity index is 657. The van der Waals surface area contributed by atoms with Gasteiger partial charge in [-0.15, -0.1) is 0 Å². The van der Waals surface area contributed by atoms with Crippen molar-refractivity contribution in [3.63, 3.8) is 0 Å². The summed E-state index contributed by atoms with van der Waals surface area (Å²) < 4.78 is 10.5. The number of carbonyl (C=O) groups is 1. The minimum absolute atomic E-state index is 0.427. The maximum Gasteiger partial charge on any atom is 0.339 e. The Morgan fingerprint density at radius 2 is 1.82 bits per heavy atom. The van der Waals surface area contributed by atoms with E-state index in [9.17, 15) is 4.79 Å². The number of ether oxygens (including phenoxy) is 2. The van der Waals surface area contributed by atoms with E-state index < -0.39 is 6.03 Å². The lowest BCUT2D eigenvalue weighted by molar-refractivity contribution is 0.252. The first-order chi connectivity index (χ1) is 10.7. The zero-order valence-corrected chi connectivity index (χ0v) is 12.4. The smallest absolute Gasteiger partial charge is 0.339 e. The van der Waals surface area contributed by atoms with Crippen LogP contribution >= 0.6 is 0 Å². The van der Waals surface area contributed by atoms with E-state index in [1.165, 1.54) is 6.21 Å². The summed E-state index contributed by atoms with van der Waals surface area (Å²) in [6.07, 6.45) is 1.49. The summed E-state index contributed by atoms with van der Waals surface area (Å²) in [4.78, 5) is 11.7. The standard InChI is InChI=1S/C16H17N3O3/c1-21-14-10-6-7-12(15(14)22-2)11-17-19-16(20)18-13-8-4-3-5-9-13/h3-11H,1-2H3,(H2,18,19,20)/b17-11-. The van der Waals surface area contributed by atoms with Crippen LogP contribution in [0.3, 0.4) is 0 Å². The number of hydrogen-bond donors (Lipinski definition) is 2. The second kappa shape index (κ2) is 7.68. The molecule has 0 atom stereocenters. The van der Waals surface area contributed by atoms with Crippen LogP contribution in [0.2, 0.25) is 0 Å². The zero-order chi connectivity index (χ0) is 15.8. The van der Waals surface area contributed by atoms with Crippen molar-refractivity contribution in [3.8, 4) is 11.5 Å². The molecular weight excluding hydrogens is 282 g/mol. The number of para-hydroxylation sites is 2. The van der Waals surface area contributed by atoms with Gasteiger partial charge in [-0.05, 0) is 24.3 Å². The molecule has 0 radical (unpaired) electrons. The van der Waals surface area contributed by atoms with Gasteiger partial charge >= 0.3 is 6.03 Å². The molecule has 0 heterocycles. The third-order valence-corrected chi connectivity index (χ3v) is 2.83. The Hall–Kier alpha value is -3.02. The molecule has 6 heteroatoms. The van der Waals surface area contributed by atoms with Crippen molar-refractivity contribution in [2.45, 2.75) is 0 Å². The third kappa shape index (κ3) is 3.99. The summed E-state index contributed by atoms with van der Waals surface area (Å²) in [6, 6.07) is 14.1. The number of hydrogen-bond acceptors (Lipinski definition) is 4. The van der Waals surface area contributed by atoms with Crippen molar-refractivity contribution in [1.82, 2.24) is 5.43 Å². The van der Waals surface area contributed by atoms with Crippen molar-refractivity contribution in [1.29, 1.82) is 0 Å². The Morgan fingerprint density at radius 3 is 2.50 bits per heavy atom. The van der Waals surface area contributed by atoms with Gasteiger partial charge < -0.3 is 14.8 Å². The summed E-state index contributed by atoms with van der Waals surface area (Å²) in [5.41, 5.74) is 3.78. The molecule has 114 valence electrons. The summed E-state index contributed by atoms with van der Waals surface area (Å²) in [5.74, 6) is 1.15. The fraction of sp³-hybridized carbons (Fsp3) is 0.125. The number of methoxy groups -OCH3 is 2. The van der Waals surface area contributed by atoms with E-state index in [2.05, 4.69) is 15.8 Å². The molecule has 0 aliphatic heterocycles. The number of urea groups is 1. The molecule has 0 fully saturated rings. The van der Waals surface area contributed by atoms with Crippen LogP contribution in [0.25, 0.3) is 0 Å². The van der Waals surface area contributed by atoms with Gasteiger partial charge in [-0.25, -0.2) is 10.2 Å². The van der Waals surface area contributed by atoms with Crippen LogP contribution < -0.4 is 20.2 Å². The lowest BCUT2D eigenvalue weighted by Crippen LogP contribution is -2.24. The predicted molar refractivity (Wildman–Crippen MR) is 85.7 cm³/mol. The van der Waals surface area contributed by atoms with Gasteiger partial charge in [0.15, 0.2) is 11.5 Å². The van der Waals surface area contributed by atoms with Crippen LogP contribution in [-0.4, -0.2) is 26.5 Å². The quantitative estimate of drug-likeness (QED) is 0.658. The number of benzene rings is 2. The van der Waals surface area contributed by atoms with Crippen LogP contribution in [-0.2, 0) is 0 Å². The molecule has 0 saturated heterocycles. The number of rotatable bonds is 5. The van der Waals surface area contributed by atoms with E-state index in [1.54, 1.807) is 32.4 Å². The zero-order valence-electron chi connectivity index (χ0n) is 12.4. The van der Waals surface area contributed by atoms with Gasteiger partial charge in [-0.1, -0.05) is 24.3 Å². The van der Waals surface area contributed by atoms with Crippen molar-refractivity contribution < 1.29 is 14.3 Å². The van der Waals surface area contributed by atoms with Gasteiger partial charge in [-0.2, -0.15) is 5.10 Å². The maximum absolute atomic E-state index is 11.7. The molecule has 2 rings (SSSR count). The fourth-order valence-electron chi connectivity index (χ4n) is 1.85. The molecule has 0 aliphatic rings. The fourth-order valence-corrected chi connectivity index (χ4v) is 1.85. The first-order valence-corrected chi connectivity index (χ1v) is 6.60. The second-order valence-electron chi connectivity index (χ2n) is 4.27. The maximum atomic E-state index is 11.7. The molecule has 2 N–H and O–H groups in total. The summed E-state index contributed by atoms with van der Waals surface area (Å²) in [6.45, 7) is 0. The van der Waals surface area contributed by atoms with Crippen LogP contribution in [0.15, 0.2) is 53.6 Å². The number of amides is 2. The number of nitrogens with one attached hydrogen (secondary N) is 2. The van der Waals surface area contributed by atoms with E-state index in [0.29, 0.717) is 22.7 Å². The number of carbonyl (C=O) groups excluding carboxylic acids is 1. The van der Waals surface area contributed by atoms with Crippen molar-refractivity contribution in [2.24, 2.45) is 5.10 Å². The van der Waals surface area contributed by atoms with Gasteiger partial charge in [-0.3, -0.25) is 0 Å². The minimum atomic E-state index is -0.427. The largest absolute Gasteiger partial charge is 0.493 e. The number of hydrazone groups is 1. The highest BCUT2D eigenvalue weighted by molar-refractivity contribution is 5.91. The van der Waals surface area contributed by atoms with E-state index in [1.807, 2.05) is 30.3 Å². The topological polar surface area (TPSA) is 72.0 Å². The first-order valence-electron chi connectivity index (χ1n) is 6.60. The molecule has 2 amide bonds. The number of nitrogens with zero attached hydrogens (tertiary/aromatic N) is 1. The Balaban J connectivity index is 1.99. The molecular formula is C16H17N3O3. The van der Waals surface area contributed by atoms with E-state index >= 15 is 0 Å². The molecule has 0 aromatic heterocycles. The lowest BCUT2D eigenvalue weighted by Gasteiger charge is -2.09. The average Bonchev–Trinajstić information content (AvgIpc) is 2.55. The summed E-state index contributed by atoms with van der Waals surface area (Å²) in [7, 11) is 3.11. The summed E-state index contributed by atoms with van der Waals surface area (Å²) in [5, 5.41) is 6.56. The van der Waals surface area contributed by atoms with E-state index in [0.717, 1.165) is 0 Å². The third-order valence-electron chi connectivity index (χ3n) is 2.83. The average molecular weight is 299 g/mol. The molecule has 0 bridgehead atoms. The van der Waals surface area contributed by atoms with E-state index in [-0.39, 0.29) is 0 Å². The molecule has 0 unspecified atom stereocenters. The highest BCUT2D eigenvalue weighted by atomic mass is 16.5. The molecule has 2 aromatic carbocycles. The van der Waals surface area contributed by atoms with Crippen LogP contribution in [0.1, 0.15) is 5.56 Å². The highest BCUT2D eigenvalue weighted by Crippen LogP contribution is 2.29. The lowest BCUT2D eigenvalue weighted by atomic mass is 10.2. The Kier molecular flexibility index (Phi) is 5.37. The van der Waals surface area contributed by atoms with Crippen molar-refractivity contribution >= 4 is 17.9 Å². The molecule has 6 nitrogen and oxygen atoms in total. The normalized spacial score (nSPS) is 10.3. The van der Waals surface area contributed by atoms with Gasteiger partial charge in [0.25, 0.3) is 0 Å². The van der Waals surface area contributed by atoms with Gasteiger partial charge in [0, 0.05) is 11.3 Å². The highest BCUT2D eigenvalue weighted by Gasteiger charge is 2.07. The molecule has 0 spiro atoms. The van der Waals surface area contributed by atoms with Crippen LogP contribution in [0.5, 0.6) is 11.5 Å². The molecule has 2 aromatic rings. The van der Waals surface area contributed by atoms with Crippen LogP contribution in [0.4, 0.5) is 10.5 Å². The Labute approximate surface area is 128 Å². The van der Waals surface area contributed by atoms with E-state index in [4.69, 9.17) is 9.47 Å². The molecule has 0 saturated carbocycles. The van der Waals surface area contributed by atoms with Gasteiger partial charge in [0.05, 0.1) is 20.4 Å². The van der Waals surface area contributed by atoms with Crippen molar-refractivity contribution in [2.75, 3.05) is 19.5 Å². The number of anilines is 1. The Morgan fingerprint density at radius 1 is 1.05 bits per heavy atom. The SMILES string of the molecule is COc1cccc(/C=N\NC(=O)Nc2ccccc2)c1OC. The van der Waals surface area contributed by atoms with Gasteiger partial charge in [0.2, 0.25) is 0 Å². The molecule has 22 heavy (non-hydrogen) atoms. The second-order valence-corrected chi connectivity index (χ2v) is 4.27. The van der Waals surface area contributed by atoms with Crippen LogP contribution in [0, 0.1) is 0 Å². The first kappa shape index (κ1) is 15.4. The van der Waals surface area contributed by atoms with Crippen molar-refractivity contribution in [3.05, 3.63) is 54.1 Å². The predicted octanol–water partition coefficient (Wildman–Crippen LogP) is 2.86. The summed E-state index contributed by atoms with van der Waals surface area (Å²) >= 11 is 0. The monoisotopic (exact) mass is 299 g/mol.